The molecule has 0 saturated carbocycles. The number of rotatable bonds is 6. The molecule has 0 amide bonds. The van der Waals surface area contributed by atoms with Gasteiger partial charge in [-0.2, -0.15) is 0 Å². The molecule has 1 fully saturated rings. The van der Waals surface area contributed by atoms with Crippen LogP contribution in [0, 0.1) is 5.92 Å². The Bertz CT molecular complexity index is 414. The maximum Gasteiger partial charge on any atom is 0.144 e. The van der Waals surface area contributed by atoms with Gasteiger partial charge in [0.25, 0.3) is 0 Å². The van der Waals surface area contributed by atoms with E-state index in [0.717, 1.165) is 36.0 Å². The Kier molecular flexibility index (Phi) is 5.53. The predicted molar refractivity (Wildman–Crippen MR) is 85.4 cm³/mol. The van der Waals surface area contributed by atoms with E-state index in [-0.39, 0.29) is 0 Å². The molecule has 1 aromatic rings. The van der Waals surface area contributed by atoms with Crippen LogP contribution in [-0.4, -0.2) is 38.2 Å². The number of ether oxygens (including phenoxy) is 1. The topological polar surface area (TPSA) is 50.5 Å². The summed E-state index contributed by atoms with van der Waals surface area (Å²) in [5, 5.41) is 3.49. The molecular formula is C16H27N3O. The minimum absolute atomic E-state index is 0.711. The number of para-hydroxylation sites is 1. The zero-order valence-electron chi connectivity index (χ0n) is 12.7. The number of nitrogens with zero attached hydrogens (tertiary/aromatic N) is 1. The lowest BCUT2D eigenvalue weighted by molar-refractivity contribution is 0.226. The molecule has 0 atom stereocenters. The van der Waals surface area contributed by atoms with E-state index in [4.69, 9.17) is 10.5 Å². The number of likely N-dealkylation sites (tertiary alicyclic amines) is 1. The van der Waals surface area contributed by atoms with Crippen LogP contribution >= 0.6 is 0 Å². The molecular weight excluding hydrogens is 250 g/mol. The number of anilines is 2. The first-order chi connectivity index (χ1) is 9.70. The quantitative estimate of drug-likeness (QED) is 0.785. The van der Waals surface area contributed by atoms with E-state index in [0.29, 0.717) is 6.61 Å². The van der Waals surface area contributed by atoms with Gasteiger partial charge in [0, 0.05) is 6.54 Å². The summed E-state index contributed by atoms with van der Waals surface area (Å²) in [5.41, 5.74) is 7.89. The highest BCUT2D eigenvalue weighted by Gasteiger charge is 2.16. The summed E-state index contributed by atoms with van der Waals surface area (Å²) in [6.45, 7) is 6.19. The molecule has 4 nitrogen and oxygen atoms in total. The predicted octanol–water partition coefficient (Wildman–Crippen LogP) is 2.81. The number of nitrogens with one attached hydrogen (secondary N) is 1. The van der Waals surface area contributed by atoms with E-state index in [1.807, 2.05) is 18.2 Å². The number of nitrogen functional groups attached to an aromatic ring is 1. The Hall–Kier alpha value is -1.42. The molecule has 0 unspecified atom stereocenters. The van der Waals surface area contributed by atoms with Crippen LogP contribution in [0.15, 0.2) is 18.2 Å². The highest BCUT2D eigenvalue weighted by Crippen LogP contribution is 2.30. The molecule has 1 aliphatic rings. The van der Waals surface area contributed by atoms with Gasteiger partial charge in [-0.3, -0.25) is 0 Å². The second-order valence-electron chi connectivity index (χ2n) is 5.69. The van der Waals surface area contributed by atoms with Crippen molar-refractivity contribution in [3.63, 3.8) is 0 Å². The molecule has 1 aliphatic heterocycles. The number of hydrogen-bond donors (Lipinski definition) is 2. The van der Waals surface area contributed by atoms with Crippen molar-refractivity contribution in [2.45, 2.75) is 26.2 Å². The van der Waals surface area contributed by atoms with E-state index in [1.54, 1.807) is 0 Å². The lowest BCUT2D eigenvalue weighted by Gasteiger charge is -2.29. The molecule has 0 aromatic heterocycles. The standard InChI is InChI=1S/C16H27N3O/c1-3-11-20-15-6-4-5-14(16(15)17)18-12-13-7-9-19(2)10-8-13/h4-6,13,18H,3,7-12,17H2,1-2H3. The van der Waals surface area contributed by atoms with Crippen molar-refractivity contribution in [2.24, 2.45) is 5.92 Å². The van der Waals surface area contributed by atoms with Gasteiger partial charge in [0.1, 0.15) is 5.75 Å². The van der Waals surface area contributed by atoms with Gasteiger partial charge in [0.05, 0.1) is 18.0 Å². The van der Waals surface area contributed by atoms with E-state index in [2.05, 4.69) is 24.2 Å². The van der Waals surface area contributed by atoms with Gasteiger partial charge < -0.3 is 20.7 Å². The largest absolute Gasteiger partial charge is 0.491 e. The van der Waals surface area contributed by atoms with Crippen molar-refractivity contribution in [1.29, 1.82) is 0 Å². The zero-order valence-corrected chi connectivity index (χ0v) is 12.7. The van der Waals surface area contributed by atoms with E-state index >= 15 is 0 Å². The minimum atomic E-state index is 0.711. The molecule has 0 aliphatic carbocycles. The van der Waals surface area contributed by atoms with Crippen LogP contribution in [-0.2, 0) is 0 Å². The van der Waals surface area contributed by atoms with Gasteiger partial charge in [-0.05, 0) is 57.5 Å². The molecule has 2 rings (SSSR count). The van der Waals surface area contributed by atoms with Gasteiger partial charge >= 0.3 is 0 Å². The Morgan fingerprint density at radius 3 is 2.80 bits per heavy atom. The van der Waals surface area contributed by atoms with E-state index in [1.165, 1.54) is 25.9 Å². The zero-order chi connectivity index (χ0) is 14.4. The second-order valence-corrected chi connectivity index (χ2v) is 5.69. The van der Waals surface area contributed by atoms with Gasteiger partial charge in [-0.15, -0.1) is 0 Å². The highest BCUT2D eigenvalue weighted by atomic mass is 16.5. The summed E-state index contributed by atoms with van der Waals surface area (Å²) in [6, 6.07) is 5.97. The lowest BCUT2D eigenvalue weighted by Crippen LogP contribution is -2.33. The molecule has 0 bridgehead atoms. The van der Waals surface area contributed by atoms with Crippen molar-refractivity contribution in [2.75, 3.05) is 44.3 Å². The van der Waals surface area contributed by atoms with Crippen molar-refractivity contribution >= 4 is 11.4 Å². The minimum Gasteiger partial charge on any atom is -0.491 e. The van der Waals surface area contributed by atoms with Crippen molar-refractivity contribution < 1.29 is 4.74 Å². The van der Waals surface area contributed by atoms with Crippen molar-refractivity contribution in [3.05, 3.63) is 18.2 Å². The number of benzene rings is 1. The summed E-state index contributed by atoms with van der Waals surface area (Å²) in [6.07, 6.45) is 3.51. The van der Waals surface area contributed by atoms with Crippen LogP contribution in [0.2, 0.25) is 0 Å². The van der Waals surface area contributed by atoms with Gasteiger partial charge in [-0.1, -0.05) is 13.0 Å². The monoisotopic (exact) mass is 277 g/mol. The molecule has 1 heterocycles. The van der Waals surface area contributed by atoms with Crippen LogP contribution in [0.5, 0.6) is 5.75 Å². The Morgan fingerprint density at radius 1 is 1.35 bits per heavy atom. The van der Waals surface area contributed by atoms with Crippen LogP contribution in [0.4, 0.5) is 11.4 Å². The first kappa shape index (κ1) is 15.0. The molecule has 4 heteroatoms. The van der Waals surface area contributed by atoms with E-state index < -0.39 is 0 Å². The number of nitrogens with two attached hydrogens (primary N) is 1. The van der Waals surface area contributed by atoms with E-state index in [9.17, 15) is 0 Å². The maximum absolute atomic E-state index is 6.17. The molecule has 1 saturated heterocycles. The van der Waals surface area contributed by atoms with Crippen molar-refractivity contribution in [1.82, 2.24) is 4.90 Å². The fraction of sp³-hybridized carbons (Fsp3) is 0.625. The maximum atomic E-state index is 6.17. The first-order valence-corrected chi connectivity index (χ1v) is 7.64. The third-order valence-electron chi connectivity index (χ3n) is 3.95. The van der Waals surface area contributed by atoms with Gasteiger partial charge in [0.15, 0.2) is 0 Å². The third-order valence-corrected chi connectivity index (χ3v) is 3.95. The summed E-state index contributed by atoms with van der Waals surface area (Å²) in [5.74, 6) is 1.53. The number of hydrogen-bond acceptors (Lipinski definition) is 4. The smallest absolute Gasteiger partial charge is 0.144 e. The summed E-state index contributed by atoms with van der Waals surface area (Å²) >= 11 is 0. The van der Waals surface area contributed by atoms with Crippen LogP contribution in [0.3, 0.4) is 0 Å². The third kappa shape index (κ3) is 4.04. The molecule has 3 N–H and O–H groups in total. The van der Waals surface area contributed by atoms with Crippen LogP contribution in [0.1, 0.15) is 26.2 Å². The molecule has 1 aromatic carbocycles. The SMILES string of the molecule is CCCOc1cccc(NCC2CCN(C)CC2)c1N. The van der Waals surface area contributed by atoms with Gasteiger partial charge in [-0.25, -0.2) is 0 Å². The molecule has 0 radical (unpaired) electrons. The molecule has 0 spiro atoms. The Balaban J connectivity index is 1.89. The summed E-state index contributed by atoms with van der Waals surface area (Å²) < 4.78 is 5.66. The first-order valence-electron chi connectivity index (χ1n) is 7.64. The van der Waals surface area contributed by atoms with Crippen LogP contribution < -0.4 is 15.8 Å². The average molecular weight is 277 g/mol. The molecule has 112 valence electrons. The Morgan fingerprint density at radius 2 is 2.10 bits per heavy atom. The Labute approximate surface area is 122 Å². The highest BCUT2D eigenvalue weighted by molar-refractivity contribution is 5.72. The fourth-order valence-corrected chi connectivity index (χ4v) is 2.56. The van der Waals surface area contributed by atoms with Crippen LogP contribution in [0.25, 0.3) is 0 Å². The normalized spacial score (nSPS) is 17.1. The van der Waals surface area contributed by atoms with Crippen molar-refractivity contribution in [3.8, 4) is 5.75 Å². The van der Waals surface area contributed by atoms with Gasteiger partial charge in [0.2, 0.25) is 0 Å². The second kappa shape index (κ2) is 7.39. The molecule has 20 heavy (non-hydrogen) atoms. The average Bonchev–Trinajstić information content (AvgIpc) is 2.47. The fourth-order valence-electron chi connectivity index (χ4n) is 2.56. The number of piperidine rings is 1. The summed E-state index contributed by atoms with van der Waals surface area (Å²) in [7, 11) is 2.19. The summed E-state index contributed by atoms with van der Waals surface area (Å²) in [4.78, 5) is 2.39. The lowest BCUT2D eigenvalue weighted by atomic mass is 9.97.